The molecule has 1 aromatic carbocycles. The lowest BCUT2D eigenvalue weighted by Gasteiger charge is -2.13. The number of methoxy groups -OCH3 is 1. The molecule has 1 saturated heterocycles. The number of rotatable bonds is 5. The van der Waals surface area contributed by atoms with Gasteiger partial charge < -0.3 is 14.8 Å². The van der Waals surface area contributed by atoms with Gasteiger partial charge in [-0.25, -0.2) is 4.79 Å². The first-order chi connectivity index (χ1) is 12.0. The second-order valence-corrected chi connectivity index (χ2v) is 5.82. The van der Waals surface area contributed by atoms with Crippen molar-refractivity contribution in [2.45, 2.75) is 13.0 Å². The molecule has 0 bridgehead atoms. The Labute approximate surface area is 145 Å². The minimum absolute atomic E-state index is 0.221. The van der Waals surface area contributed by atoms with E-state index in [4.69, 9.17) is 9.47 Å². The quantitative estimate of drug-likeness (QED) is 0.888. The van der Waals surface area contributed by atoms with Crippen molar-refractivity contribution in [1.29, 1.82) is 0 Å². The molecule has 1 atom stereocenters. The minimum Gasteiger partial charge on any atom is -0.496 e. The number of hydrogen-bond acceptors (Lipinski definition) is 5. The highest BCUT2D eigenvalue weighted by Gasteiger charge is 2.33. The molecule has 1 fully saturated rings. The summed E-state index contributed by atoms with van der Waals surface area (Å²) in [4.78, 5) is 25.8. The number of carbonyl (C=O) groups excluding carboxylic acids is 2. The summed E-state index contributed by atoms with van der Waals surface area (Å²) in [6.07, 6.45) is 0.762. The van der Waals surface area contributed by atoms with Crippen LogP contribution in [0.2, 0.25) is 0 Å². The summed E-state index contributed by atoms with van der Waals surface area (Å²) in [5.74, 6) is 1.17. The van der Waals surface area contributed by atoms with Gasteiger partial charge in [0.2, 0.25) is 0 Å². The summed E-state index contributed by atoms with van der Waals surface area (Å²) in [5.41, 5.74) is 1.41. The molecule has 2 heterocycles. The molecule has 0 saturated carbocycles. The van der Waals surface area contributed by atoms with E-state index in [9.17, 15) is 9.59 Å². The van der Waals surface area contributed by atoms with E-state index in [-0.39, 0.29) is 12.5 Å². The summed E-state index contributed by atoms with van der Waals surface area (Å²) in [6, 6.07) is 6.95. The number of nitrogens with zero attached hydrogens (tertiary/aromatic N) is 3. The first kappa shape index (κ1) is 16.8. The number of amides is 2. The number of aryl methyl sites for hydroxylation is 2. The van der Waals surface area contributed by atoms with Crippen LogP contribution in [0.25, 0.3) is 0 Å². The van der Waals surface area contributed by atoms with E-state index < -0.39 is 12.2 Å². The Balaban J connectivity index is 1.59. The monoisotopic (exact) mass is 344 g/mol. The topological polar surface area (TPSA) is 85.7 Å². The molecule has 1 aliphatic rings. The van der Waals surface area contributed by atoms with Gasteiger partial charge in [-0.05, 0) is 30.7 Å². The zero-order valence-corrected chi connectivity index (χ0v) is 14.4. The van der Waals surface area contributed by atoms with E-state index in [1.165, 1.54) is 4.90 Å². The van der Waals surface area contributed by atoms with Gasteiger partial charge >= 0.3 is 6.09 Å². The molecule has 0 aliphatic carbocycles. The average Bonchev–Trinajstić information content (AvgIpc) is 3.17. The Morgan fingerprint density at radius 2 is 2.24 bits per heavy atom. The van der Waals surface area contributed by atoms with Crippen LogP contribution in [0.1, 0.15) is 15.9 Å². The van der Waals surface area contributed by atoms with E-state index in [0.29, 0.717) is 17.9 Å². The van der Waals surface area contributed by atoms with Gasteiger partial charge in [-0.2, -0.15) is 5.10 Å². The van der Waals surface area contributed by atoms with Crippen molar-refractivity contribution >= 4 is 17.8 Å². The van der Waals surface area contributed by atoms with Crippen LogP contribution in [0.5, 0.6) is 5.75 Å². The molecule has 1 unspecified atom stereocenters. The number of cyclic esters (lactones) is 1. The van der Waals surface area contributed by atoms with E-state index in [1.807, 2.05) is 6.92 Å². The van der Waals surface area contributed by atoms with Gasteiger partial charge in [0.05, 0.1) is 26.4 Å². The lowest BCUT2D eigenvalue weighted by molar-refractivity contribution is 0.0916. The lowest BCUT2D eigenvalue weighted by Crippen LogP contribution is -2.35. The molecule has 2 aromatic rings. The van der Waals surface area contributed by atoms with Gasteiger partial charge in [0.25, 0.3) is 5.91 Å². The lowest BCUT2D eigenvalue weighted by atomic mass is 10.1. The maximum absolute atomic E-state index is 12.3. The highest BCUT2D eigenvalue weighted by atomic mass is 16.6. The van der Waals surface area contributed by atoms with E-state index in [0.717, 1.165) is 11.3 Å². The third-order valence-electron chi connectivity index (χ3n) is 4.09. The number of benzene rings is 1. The van der Waals surface area contributed by atoms with Crippen molar-refractivity contribution in [3.05, 3.63) is 41.6 Å². The summed E-state index contributed by atoms with van der Waals surface area (Å²) in [6.45, 7) is 2.48. The zero-order chi connectivity index (χ0) is 18.0. The molecule has 8 heteroatoms. The van der Waals surface area contributed by atoms with Gasteiger partial charge in [-0.3, -0.25) is 14.4 Å². The second-order valence-electron chi connectivity index (χ2n) is 5.82. The van der Waals surface area contributed by atoms with Crippen LogP contribution in [-0.4, -0.2) is 48.1 Å². The Hall–Kier alpha value is -3.03. The van der Waals surface area contributed by atoms with Crippen LogP contribution in [0.4, 0.5) is 10.6 Å². The third-order valence-corrected chi connectivity index (χ3v) is 4.09. The fourth-order valence-electron chi connectivity index (χ4n) is 2.77. The number of anilines is 1. The maximum Gasteiger partial charge on any atom is 0.416 e. The van der Waals surface area contributed by atoms with Crippen LogP contribution in [0.15, 0.2) is 30.5 Å². The first-order valence-electron chi connectivity index (χ1n) is 7.88. The molecule has 1 aliphatic heterocycles. The number of ether oxygens (including phenoxy) is 2. The summed E-state index contributed by atoms with van der Waals surface area (Å²) >= 11 is 0. The maximum atomic E-state index is 12.3. The Kier molecular flexibility index (Phi) is 4.60. The van der Waals surface area contributed by atoms with Crippen molar-refractivity contribution in [2.24, 2.45) is 7.05 Å². The largest absolute Gasteiger partial charge is 0.496 e. The van der Waals surface area contributed by atoms with Crippen molar-refractivity contribution in [1.82, 2.24) is 15.1 Å². The minimum atomic E-state index is -0.442. The first-order valence-corrected chi connectivity index (χ1v) is 7.88. The number of carbonyl (C=O) groups is 2. The van der Waals surface area contributed by atoms with Crippen molar-refractivity contribution in [3.63, 3.8) is 0 Å². The Morgan fingerprint density at radius 1 is 1.44 bits per heavy atom. The van der Waals surface area contributed by atoms with Crippen molar-refractivity contribution < 1.29 is 19.1 Å². The van der Waals surface area contributed by atoms with Gasteiger partial charge in [0, 0.05) is 18.7 Å². The SMILES string of the molecule is COc1ccc(C(=O)NCC2CN(c3ccnn3C)C(=O)O2)cc1C. The van der Waals surface area contributed by atoms with Crippen LogP contribution in [0, 0.1) is 6.92 Å². The fourth-order valence-corrected chi connectivity index (χ4v) is 2.77. The van der Waals surface area contributed by atoms with Gasteiger partial charge in [0.15, 0.2) is 0 Å². The molecule has 8 nitrogen and oxygen atoms in total. The van der Waals surface area contributed by atoms with Crippen LogP contribution in [0.3, 0.4) is 0 Å². The summed E-state index contributed by atoms with van der Waals surface area (Å²) in [5, 5.41) is 6.84. The van der Waals surface area contributed by atoms with Gasteiger partial charge in [-0.1, -0.05) is 0 Å². The zero-order valence-electron chi connectivity index (χ0n) is 14.4. The Morgan fingerprint density at radius 3 is 2.88 bits per heavy atom. The van der Waals surface area contributed by atoms with E-state index >= 15 is 0 Å². The van der Waals surface area contributed by atoms with Crippen molar-refractivity contribution in [2.75, 3.05) is 25.1 Å². The Bertz CT molecular complexity index is 802. The van der Waals surface area contributed by atoms with E-state index in [2.05, 4.69) is 10.4 Å². The van der Waals surface area contributed by atoms with Crippen molar-refractivity contribution in [3.8, 4) is 5.75 Å². The van der Waals surface area contributed by atoms with Crippen LogP contribution >= 0.6 is 0 Å². The molecular weight excluding hydrogens is 324 g/mol. The number of nitrogens with one attached hydrogen (secondary N) is 1. The van der Waals surface area contributed by atoms with Crippen LogP contribution < -0.4 is 15.0 Å². The van der Waals surface area contributed by atoms with Gasteiger partial charge in [0.1, 0.15) is 17.7 Å². The number of aromatic nitrogens is 2. The number of hydrogen-bond donors (Lipinski definition) is 1. The van der Waals surface area contributed by atoms with Crippen LogP contribution in [-0.2, 0) is 11.8 Å². The summed E-state index contributed by atoms with van der Waals surface area (Å²) in [7, 11) is 3.34. The third kappa shape index (κ3) is 3.42. The summed E-state index contributed by atoms with van der Waals surface area (Å²) < 4.78 is 12.1. The molecule has 132 valence electrons. The van der Waals surface area contributed by atoms with Gasteiger partial charge in [-0.15, -0.1) is 0 Å². The normalized spacial score (nSPS) is 16.7. The molecule has 1 N–H and O–H groups in total. The predicted molar refractivity (Wildman–Crippen MR) is 90.9 cm³/mol. The molecule has 2 amide bonds. The second kappa shape index (κ2) is 6.84. The molecule has 0 spiro atoms. The standard InChI is InChI=1S/C17H20N4O4/c1-11-8-12(4-5-14(11)24-3)16(22)18-9-13-10-21(17(23)25-13)15-6-7-19-20(15)2/h4-8,13H,9-10H2,1-3H3,(H,18,22). The molecular formula is C17H20N4O4. The fraction of sp³-hybridized carbons (Fsp3) is 0.353. The average molecular weight is 344 g/mol. The molecule has 0 radical (unpaired) electrons. The molecule has 3 rings (SSSR count). The predicted octanol–water partition coefficient (Wildman–Crippen LogP) is 1.49. The smallest absolute Gasteiger partial charge is 0.416 e. The molecule has 25 heavy (non-hydrogen) atoms. The van der Waals surface area contributed by atoms with E-state index in [1.54, 1.807) is 49.3 Å². The molecule has 1 aromatic heterocycles. The highest BCUT2D eigenvalue weighted by molar-refractivity contribution is 5.94. The highest BCUT2D eigenvalue weighted by Crippen LogP contribution is 2.21.